The van der Waals surface area contributed by atoms with Crippen molar-refractivity contribution in [1.29, 1.82) is 0 Å². The number of rotatable bonds is 2. The van der Waals surface area contributed by atoms with Gasteiger partial charge in [0, 0.05) is 15.4 Å². The zero-order chi connectivity index (χ0) is 16.7. The lowest BCUT2D eigenvalue weighted by atomic mass is 10.1. The van der Waals surface area contributed by atoms with E-state index in [1.807, 2.05) is 43.3 Å². The smallest absolute Gasteiger partial charge is 0.349 e. The summed E-state index contributed by atoms with van der Waals surface area (Å²) in [5, 5.41) is 4.78. The normalized spacial score (nSPS) is 11.1. The summed E-state index contributed by atoms with van der Waals surface area (Å²) in [6.45, 7) is 1.97. The average Bonchev–Trinajstić information content (AvgIpc) is 3.04. The number of halogens is 1. The van der Waals surface area contributed by atoms with Crippen LogP contribution in [0.3, 0.4) is 0 Å². The first kappa shape index (κ1) is 14.8. The Hall–Kier alpha value is -2.73. The highest BCUT2D eigenvalue weighted by molar-refractivity contribution is 9.10. The number of fused-ring (bicyclic) bond motifs is 1. The van der Waals surface area contributed by atoms with E-state index < -0.39 is 5.63 Å². The highest BCUT2D eigenvalue weighted by atomic mass is 79.9. The minimum absolute atomic E-state index is 0.137. The molecule has 0 aliphatic carbocycles. The average molecular weight is 383 g/mol. The fourth-order valence-electron chi connectivity index (χ4n) is 2.48. The van der Waals surface area contributed by atoms with E-state index in [4.69, 9.17) is 8.94 Å². The minimum Gasteiger partial charge on any atom is -0.422 e. The molecule has 0 saturated carbocycles. The summed E-state index contributed by atoms with van der Waals surface area (Å²) in [5.41, 5.74) is 2.13. The summed E-state index contributed by atoms with van der Waals surface area (Å²) in [5.74, 6) is 0.541. The first-order valence-corrected chi connectivity index (χ1v) is 8.04. The van der Waals surface area contributed by atoms with Crippen LogP contribution in [-0.2, 0) is 0 Å². The number of nitrogens with zero attached hydrogens (tertiary/aromatic N) is 2. The molecule has 0 atom stereocenters. The van der Waals surface area contributed by atoms with Crippen molar-refractivity contribution in [3.05, 3.63) is 69.0 Å². The van der Waals surface area contributed by atoms with E-state index in [1.165, 1.54) is 0 Å². The molecule has 0 radical (unpaired) electrons. The van der Waals surface area contributed by atoms with Crippen LogP contribution in [0, 0.1) is 6.92 Å². The van der Waals surface area contributed by atoms with E-state index in [0.717, 1.165) is 21.0 Å². The Morgan fingerprint density at radius 3 is 2.71 bits per heavy atom. The first-order chi connectivity index (χ1) is 11.6. The molecule has 0 fully saturated rings. The van der Waals surface area contributed by atoms with Crippen molar-refractivity contribution in [3.8, 4) is 22.8 Å². The topological polar surface area (TPSA) is 69.1 Å². The lowest BCUT2D eigenvalue weighted by molar-refractivity contribution is 0.429. The maximum atomic E-state index is 12.2. The summed E-state index contributed by atoms with van der Waals surface area (Å²) < 4.78 is 11.5. The SMILES string of the molecule is Cc1ccc2oc(=O)c(-c3nc(-c4ccccc4Br)no3)cc2c1. The van der Waals surface area contributed by atoms with E-state index in [9.17, 15) is 4.79 Å². The zero-order valence-electron chi connectivity index (χ0n) is 12.6. The number of hydrogen-bond acceptors (Lipinski definition) is 5. The molecule has 2 aromatic heterocycles. The van der Waals surface area contributed by atoms with Crippen LogP contribution in [0.5, 0.6) is 0 Å². The summed E-state index contributed by atoms with van der Waals surface area (Å²) >= 11 is 3.45. The largest absolute Gasteiger partial charge is 0.422 e. The van der Waals surface area contributed by atoms with Gasteiger partial charge in [0.25, 0.3) is 5.89 Å². The van der Waals surface area contributed by atoms with Gasteiger partial charge in [0.1, 0.15) is 11.1 Å². The molecule has 0 aliphatic rings. The fourth-order valence-corrected chi connectivity index (χ4v) is 2.94. The van der Waals surface area contributed by atoms with Gasteiger partial charge in [0.15, 0.2) is 0 Å². The monoisotopic (exact) mass is 382 g/mol. The number of aryl methyl sites for hydroxylation is 1. The third kappa shape index (κ3) is 2.55. The van der Waals surface area contributed by atoms with E-state index >= 15 is 0 Å². The van der Waals surface area contributed by atoms with Crippen molar-refractivity contribution < 1.29 is 8.94 Å². The zero-order valence-corrected chi connectivity index (χ0v) is 14.2. The van der Waals surface area contributed by atoms with E-state index in [0.29, 0.717) is 11.4 Å². The lowest BCUT2D eigenvalue weighted by Gasteiger charge is -1.99. The molecule has 0 unspecified atom stereocenters. The van der Waals surface area contributed by atoms with Gasteiger partial charge in [-0.3, -0.25) is 0 Å². The molecule has 118 valence electrons. The predicted molar refractivity (Wildman–Crippen MR) is 93.6 cm³/mol. The maximum Gasteiger partial charge on any atom is 0.349 e. The predicted octanol–water partition coefficient (Wildman–Crippen LogP) is 4.58. The van der Waals surface area contributed by atoms with E-state index in [2.05, 4.69) is 26.1 Å². The number of hydrogen-bond donors (Lipinski definition) is 0. The van der Waals surface area contributed by atoms with Gasteiger partial charge < -0.3 is 8.94 Å². The Kier molecular flexibility index (Phi) is 3.54. The van der Waals surface area contributed by atoms with Crippen LogP contribution in [0.2, 0.25) is 0 Å². The van der Waals surface area contributed by atoms with Gasteiger partial charge in [0.2, 0.25) is 5.82 Å². The Morgan fingerprint density at radius 2 is 1.88 bits per heavy atom. The fraction of sp³-hybridized carbons (Fsp3) is 0.0556. The summed E-state index contributed by atoms with van der Waals surface area (Å²) in [4.78, 5) is 16.6. The molecule has 0 spiro atoms. The van der Waals surface area contributed by atoms with Gasteiger partial charge in [-0.25, -0.2) is 4.79 Å². The standard InChI is InChI=1S/C18H11BrN2O3/c1-10-6-7-15-11(8-10)9-13(18(22)23-15)17-20-16(21-24-17)12-4-2-3-5-14(12)19/h2-9H,1H3. The van der Waals surface area contributed by atoms with Crippen molar-refractivity contribution in [3.63, 3.8) is 0 Å². The lowest BCUT2D eigenvalue weighted by Crippen LogP contribution is -2.02. The van der Waals surface area contributed by atoms with Gasteiger partial charge in [-0.1, -0.05) is 44.8 Å². The molecule has 5 nitrogen and oxygen atoms in total. The quantitative estimate of drug-likeness (QED) is 0.474. The molecular formula is C18H11BrN2O3. The molecule has 0 bridgehead atoms. The molecule has 0 aliphatic heterocycles. The second-order valence-electron chi connectivity index (χ2n) is 5.39. The third-order valence-electron chi connectivity index (χ3n) is 3.66. The maximum absolute atomic E-state index is 12.2. The molecule has 0 N–H and O–H groups in total. The summed E-state index contributed by atoms with van der Waals surface area (Å²) in [6.07, 6.45) is 0. The highest BCUT2D eigenvalue weighted by Gasteiger charge is 2.17. The highest BCUT2D eigenvalue weighted by Crippen LogP contribution is 2.28. The van der Waals surface area contributed by atoms with Crippen molar-refractivity contribution in [2.75, 3.05) is 0 Å². The van der Waals surface area contributed by atoms with E-state index in [-0.39, 0.29) is 11.5 Å². The minimum atomic E-state index is -0.506. The summed E-state index contributed by atoms with van der Waals surface area (Å²) in [6, 6.07) is 14.8. The Morgan fingerprint density at radius 1 is 1.04 bits per heavy atom. The van der Waals surface area contributed by atoms with Crippen LogP contribution >= 0.6 is 15.9 Å². The van der Waals surface area contributed by atoms with Crippen LogP contribution in [0.25, 0.3) is 33.8 Å². The van der Waals surface area contributed by atoms with Crippen molar-refractivity contribution in [2.45, 2.75) is 6.92 Å². The van der Waals surface area contributed by atoms with Gasteiger partial charge in [0.05, 0.1) is 0 Å². The Labute approximate surface area is 145 Å². The molecule has 24 heavy (non-hydrogen) atoms. The van der Waals surface area contributed by atoms with Gasteiger partial charge in [-0.15, -0.1) is 0 Å². The van der Waals surface area contributed by atoms with E-state index in [1.54, 1.807) is 12.1 Å². The molecule has 6 heteroatoms. The molecule has 0 amide bonds. The molecule has 0 saturated heterocycles. The van der Waals surface area contributed by atoms with Crippen LogP contribution in [0.4, 0.5) is 0 Å². The van der Waals surface area contributed by atoms with Crippen LogP contribution in [0.15, 0.2) is 66.7 Å². The Balaban J connectivity index is 1.85. The van der Waals surface area contributed by atoms with Crippen molar-refractivity contribution in [2.24, 2.45) is 0 Å². The molecule has 2 aromatic carbocycles. The van der Waals surface area contributed by atoms with Gasteiger partial charge in [-0.2, -0.15) is 4.98 Å². The van der Waals surface area contributed by atoms with Crippen molar-refractivity contribution >= 4 is 26.9 Å². The van der Waals surface area contributed by atoms with Crippen LogP contribution in [-0.4, -0.2) is 10.1 Å². The molecule has 2 heterocycles. The molecular weight excluding hydrogens is 372 g/mol. The van der Waals surface area contributed by atoms with Crippen LogP contribution in [0.1, 0.15) is 5.56 Å². The second-order valence-corrected chi connectivity index (χ2v) is 6.25. The number of aromatic nitrogens is 2. The number of benzene rings is 2. The van der Waals surface area contributed by atoms with Gasteiger partial charge in [-0.05, 0) is 37.3 Å². The van der Waals surface area contributed by atoms with Gasteiger partial charge >= 0.3 is 5.63 Å². The third-order valence-corrected chi connectivity index (χ3v) is 4.35. The van der Waals surface area contributed by atoms with Crippen molar-refractivity contribution in [1.82, 2.24) is 10.1 Å². The molecule has 4 rings (SSSR count). The Bertz CT molecular complexity index is 1110. The first-order valence-electron chi connectivity index (χ1n) is 7.25. The van der Waals surface area contributed by atoms with Crippen LogP contribution < -0.4 is 5.63 Å². The summed E-state index contributed by atoms with van der Waals surface area (Å²) in [7, 11) is 0. The second kappa shape index (κ2) is 5.72. The molecule has 4 aromatic rings.